The van der Waals surface area contributed by atoms with Gasteiger partial charge in [-0.25, -0.2) is 13.6 Å². The molecule has 0 aliphatic heterocycles. The number of hydrogen-bond acceptors (Lipinski definition) is 4. The molecule has 0 unspecified atom stereocenters. The lowest BCUT2D eigenvalue weighted by atomic mass is 9.93. The molecule has 94 valence electrons. The van der Waals surface area contributed by atoms with E-state index in [1.165, 1.54) is 0 Å². The summed E-state index contributed by atoms with van der Waals surface area (Å²) in [5.41, 5.74) is 0. The molecule has 2 amide bonds. The third-order valence-corrected chi connectivity index (χ3v) is 2.52. The number of alkyl halides is 2. The monoisotopic (exact) mass is 246 g/mol. The van der Waals surface area contributed by atoms with Gasteiger partial charge in [0.1, 0.15) is 0 Å². The summed E-state index contributed by atoms with van der Waals surface area (Å²) < 4.78 is 28.8. The second-order valence-electron chi connectivity index (χ2n) is 3.80. The zero-order valence-corrected chi connectivity index (χ0v) is 8.95. The summed E-state index contributed by atoms with van der Waals surface area (Å²) in [6.45, 7) is -0.0573. The molecule has 1 aromatic heterocycles. The van der Waals surface area contributed by atoms with Gasteiger partial charge in [0.05, 0.1) is 6.54 Å². The summed E-state index contributed by atoms with van der Waals surface area (Å²) in [5.74, 6) is -0.703. The number of halogens is 2. The lowest BCUT2D eigenvalue weighted by molar-refractivity contribution is 0.136. The Balaban J connectivity index is 1.74. The molecule has 17 heavy (non-hydrogen) atoms. The summed E-state index contributed by atoms with van der Waals surface area (Å²) in [6.07, 6.45) is 0.302. The molecule has 0 radical (unpaired) electrons. The third-order valence-electron chi connectivity index (χ3n) is 2.52. The lowest BCUT2D eigenvalue weighted by Crippen LogP contribution is -2.44. The lowest BCUT2D eigenvalue weighted by Gasteiger charge is -2.26. The maximum absolute atomic E-state index is 12.1. The van der Waals surface area contributed by atoms with Gasteiger partial charge in [0.25, 0.3) is 0 Å². The van der Waals surface area contributed by atoms with Crippen LogP contribution < -0.4 is 10.6 Å². The highest BCUT2D eigenvalue weighted by Gasteiger charge is 2.20. The topological polar surface area (TPSA) is 80.1 Å². The van der Waals surface area contributed by atoms with Crippen molar-refractivity contribution >= 4 is 6.03 Å². The first-order valence-electron chi connectivity index (χ1n) is 5.30. The van der Waals surface area contributed by atoms with Crippen molar-refractivity contribution in [3.05, 3.63) is 11.7 Å². The van der Waals surface area contributed by atoms with Crippen LogP contribution in [0.1, 0.15) is 37.4 Å². The first-order valence-corrected chi connectivity index (χ1v) is 5.30. The molecule has 0 spiro atoms. The molecule has 2 rings (SSSR count). The highest BCUT2D eigenvalue weighted by Crippen LogP contribution is 2.17. The number of urea groups is 1. The largest absolute Gasteiger partial charge is 0.337 e. The summed E-state index contributed by atoms with van der Waals surface area (Å²) in [5, 5.41) is 8.26. The molecular weight excluding hydrogens is 234 g/mol. The average molecular weight is 246 g/mol. The van der Waals surface area contributed by atoms with Crippen LogP contribution in [0.15, 0.2) is 4.52 Å². The van der Waals surface area contributed by atoms with Crippen LogP contribution in [0.2, 0.25) is 0 Å². The Labute approximate surface area is 95.8 Å². The van der Waals surface area contributed by atoms with Crippen LogP contribution in [0.25, 0.3) is 0 Å². The van der Waals surface area contributed by atoms with E-state index in [1.807, 2.05) is 0 Å². The van der Waals surface area contributed by atoms with E-state index in [4.69, 9.17) is 0 Å². The summed E-state index contributed by atoms with van der Waals surface area (Å²) in [4.78, 5) is 14.7. The molecular formula is C9H12F2N4O2. The van der Waals surface area contributed by atoms with Crippen LogP contribution in [-0.2, 0) is 6.54 Å². The standard InChI is InChI=1S/C9H12F2N4O2/c10-7(11)8-14-6(17-15-8)4-12-9(16)13-5-2-1-3-5/h5,7H,1-4H2,(H2,12,13,16). The minimum Gasteiger partial charge on any atom is -0.337 e. The number of nitrogens with one attached hydrogen (secondary N) is 2. The second-order valence-corrected chi connectivity index (χ2v) is 3.80. The zero-order chi connectivity index (χ0) is 12.3. The van der Waals surface area contributed by atoms with Gasteiger partial charge in [-0.3, -0.25) is 0 Å². The van der Waals surface area contributed by atoms with Gasteiger partial charge in [-0.1, -0.05) is 5.16 Å². The smallest absolute Gasteiger partial charge is 0.315 e. The maximum Gasteiger partial charge on any atom is 0.315 e. The molecule has 2 N–H and O–H groups in total. The van der Waals surface area contributed by atoms with Gasteiger partial charge in [-0.15, -0.1) is 0 Å². The highest BCUT2D eigenvalue weighted by molar-refractivity contribution is 5.74. The molecule has 1 saturated carbocycles. The number of carbonyl (C=O) groups excluding carboxylic acids is 1. The highest BCUT2D eigenvalue weighted by atomic mass is 19.3. The summed E-state index contributed by atoms with van der Waals surface area (Å²) in [6, 6.07) is -0.138. The summed E-state index contributed by atoms with van der Waals surface area (Å²) >= 11 is 0. The maximum atomic E-state index is 12.1. The first-order chi connectivity index (χ1) is 8.15. The average Bonchev–Trinajstić information content (AvgIpc) is 2.69. The van der Waals surface area contributed by atoms with Gasteiger partial charge in [0.2, 0.25) is 11.7 Å². The van der Waals surface area contributed by atoms with Gasteiger partial charge < -0.3 is 15.2 Å². The molecule has 0 atom stereocenters. The van der Waals surface area contributed by atoms with E-state index < -0.39 is 12.2 Å². The second kappa shape index (κ2) is 5.07. The number of aromatic nitrogens is 2. The Hall–Kier alpha value is -1.73. The number of amides is 2. The Bertz CT molecular complexity index is 392. The van der Waals surface area contributed by atoms with Crippen LogP contribution in [0.4, 0.5) is 13.6 Å². The number of rotatable bonds is 4. The zero-order valence-electron chi connectivity index (χ0n) is 8.95. The Morgan fingerprint density at radius 3 is 2.82 bits per heavy atom. The van der Waals surface area contributed by atoms with Gasteiger partial charge in [0.15, 0.2) is 0 Å². The van der Waals surface area contributed by atoms with Crippen molar-refractivity contribution in [2.75, 3.05) is 0 Å². The fraction of sp³-hybridized carbons (Fsp3) is 0.667. The van der Waals surface area contributed by atoms with Gasteiger partial charge in [-0.05, 0) is 19.3 Å². The molecule has 0 bridgehead atoms. The number of carbonyl (C=O) groups is 1. The van der Waals surface area contributed by atoms with Gasteiger partial charge in [-0.2, -0.15) is 4.98 Å². The molecule has 0 saturated heterocycles. The number of nitrogens with zero attached hydrogens (tertiary/aromatic N) is 2. The van der Waals surface area contributed by atoms with Crippen molar-refractivity contribution in [2.24, 2.45) is 0 Å². The van der Waals surface area contributed by atoms with E-state index in [-0.39, 0.29) is 24.5 Å². The van der Waals surface area contributed by atoms with Crippen molar-refractivity contribution in [1.29, 1.82) is 0 Å². The van der Waals surface area contributed by atoms with Gasteiger partial charge >= 0.3 is 12.5 Å². The van der Waals surface area contributed by atoms with Crippen molar-refractivity contribution in [3.63, 3.8) is 0 Å². The fourth-order valence-electron chi connectivity index (χ4n) is 1.37. The molecule has 1 aromatic rings. The molecule has 1 aliphatic carbocycles. The Kier molecular flexibility index (Phi) is 3.50. The van der Waals surface area contributed by atoms with E-state index in [2.05, 4.69) is 25.3 Å². The third kappa shape index (κ3) is 3.11. The molecule has 1 heterocycles. The Morgan fingerprint density at radius 2 is 2.29 bits per heavy atom. The molecule has 6 nitrogen and oxygen atoms in total. The van der Waals surface area contributed by atoms with Crippen molar-refractivity contribution in [3.8, 4) is 0 Å². The minimum atomic E-state index is -2.77. The SMILES string of the molecule is O=C(NCc1nc(C(F)F)no1)NC1CCC1. The minimum absolute atomic E-state index is 0.0379. The van der Waals surface area contributed by atoms with Crippen LogP contribution in [0.3, 0.4) is 0 Å². The molecule has 1 aliphatic rings. The Morgan fingerprint density at radius 1 is 1.53 bits per heavy atom. The summed E-state index contributed by atoms with van der Waals surface area (Å²) in [7, 11) is 0. The first kappa shape index (κ1) is 11.7. The van der Waals surface area contributed by atoms with E-state index in [0.29, 0.717) is 0 Å². The number of hydrogen-bond donors (Lipinski definition) is 2. The normalized spacial score (nSPS) is 15.7. The predicted molar refractivity (Wildman–Crippen MR) is 52.3 cm³/mol. The fourth-order valence-corrected chi connectivity index (χ4v) is 1.37. The van der Waals surface area contributed by atoms with Gasteiger partial charge in [0, 0.05) is 6.04 Å². The van der Waals surface area contributed by atoms with E-state index >= 15 is 0 Å². The van der Waals surface area contributed by atoms with E-state index in [9.17, 15) is 13.6 Å². The van der Waals surface area contributed by atoms with Crippen LogP contribution >= 0.6 is 0 Å². The predicted octanol–water partition coefficient (Wildman–Crippen LogP) is 1.36. The van der Waals surface area contributed by atoms with E-state index in [0.717, 1.165) is 19.3 Å². The van der Waals surface area contributed by atoms with Crippen LogP contribution in [-0.4, -0.2) is 22.2 Å². The molecule has 8 heteroatoms. The van der Waals surface area contributed by atoms with Crippen molar-refractivity contribution < 1.29 is 18.1 Å². The van der Waals surface area contributed by atoms with Crippen molar-refractivity contribution in [1.82, 2.24) is 20.8 Å². The van der Waals surface area contributed by atoms with Crippen molar-refractivity contribution in [2.45, 2.75) is 38.3 Å². The molecule has 0 aromatic carbocycles. The van der Waals surface area contributed by atoms with E-state index in [1.54, 1.807) is 0 Å². The van der Waals surface area contributed by atoms with Crippen LogP contribution in [0, 0.1) is 0 Å². The van der Waals surface area contributed by atoms with Crippen LogP contribution in [0.5, 0.6) is 0 Å². The molecule has 1 fully saturated rings. The quantitative estimate of drug-likeness (QED) is 0.840.